The molecule has 0 aliphatic rings. The third kappa shape index (κ3) is 4.63. The number of carbonyl (C=O) groups is 2. The highest BCUT2D eigenvalue weighted by atomic mass is 16.4. The van der Waals surface area contributed by atoms with E-state index in [0.29, 0.717) is 19.4 Å². The van der Waals surface area contributed by atoms with Crippen LogP contribution in [-0.4, -0.2) is 28.5 Å². The molecule has 0 unspecified atom stereocenters. The molecule has 112 valence electrons. The molecule has 3 N–H and O–H groups in total. The Morgan fingerprint density at radius 2 is 1.95 bits per heavy atom. The summed E-state index contributed by atoms with van der Waals surface area (Å²) in [4.78, 5) is 25.4. The van der Waals surface area contributed by atoms with E-state index in [2.05, 4.69) is 10.3 Å². The molecule has 1 aromatic heterocycles. The number of carboxylic acid groups (broad SMARTS) is 1. The number of carbonyl (C=O) groups excluding carboxylic acids is 1. The predicted molar refractivity (Wildman–Crippen MR) is 81.1 cm³/mol. The summed E-state index contributed by atoms with van der Waals surface area (Å²) in [5.74, 6) is -0.767. The molecule has 5 nitrogen and oxygen atoms in total. The van der Waals surface area contributed by atoms with Gasteiger partial charge in [-0.3, -0.25) is 9.59 Å². The minimum Gasteiger partial charge on any atom is -0.481 e. The van der Waals surface area contributed by atoms with E-state index in [9.17, 15) is 9.59 Å². The van der Waals surface area contributed by atoms with Crippen molar-refractivity contribution in [3.63, 3.8) is 0 Å². The number of aliphatic carboxylic acids is 1. The number of aromatic amines is 1. The zero-order valence-electron chi connectivity index (χ0n) is 11.9. The van der Waals surface area contributed by atoms with Crippen molar-refractivity contribution in [1.82, 2.24) is 10.3 Å². The van der Waals surface area contributed by atoms with Gasteiger partial charge < -0.3 is 15.4 Å². The molecule has 0 saturated carbocycles. The van der Waals surface area contributed by atoms with Crippen molar-refractivity contribution < 1.29 is 14.7 Å². The monoisotopic (exact) mass is 288 g/mol. The summed E-state index contributed by atoms with van der Waals surface area (Å²) in [6.07, 6.45) is 4.72. The number of amides is 1. The van der Waals surface area contributed by atoms with E-state index >= 15 is 0 Å². The zero-order chi connectivity index (χ0) is 15.1. The Bertz CT molecular complexity index is 619. The number of H-pyrrole nitrogens is 1. The normalized spacial score (nSPS) is 10.7. The molecule has 0 radical (unpaired) electrons. The Kier molecular flexibility index (Phi) is 5.37. The molecule has 0 bridgehead atoms. The summed E-state index contributed by atoms with van der Waals surface area (Å²) in [5, 5.41) is 12.5. The molecule has 21 heavy (non-hydrogen) atoms. The number of unbranched alkanes of at least 4 members (excludes halogenated alkanes) is 2. The number of benzene rings is 1. The van der Waals surface area contributed by atoms with Crippen molar-refractivity contribution in [3.05, 3.63) is 36.0 Å². The maximum absolute atomic E-state index is 11.9. The van der Waals surface area contributed by atoms with Gasteiger partial charge in [0, 0.05) is 30.1 Å². The van der Waals surface area contributed by atoms with Crippen molar-refractivity contribution in [3.8, 4) is 0 Å². The molecule has 0 aliphatic carbocycles. The largest absolute Gasteiger partial charge is 0.481 e. The molecule has 1 heterocycles. The number of hydrogen-bond acceptors (Lipinski definition) is 2. The van der Waals surface area contributed by atoms with E-state index in [1.165, 1.54) is 0 Å². The van der Waals surface area contributed by atoms with Gasteiger partial charge in [-0.1, -0.05) is 24.6 Å². The fourth-order valence-corrected chi connectivity index (χ4v) is 2.32. The third-order valence-electron chi connectivity index (χ3n) is 3.42. The Hall–Kier alpha value is -2.30. The van der Waals surface area contributed by atoms with Gasteiger partial charge in [-0.05, 0) is 24.5 Å². The fraction of sp³-hybridized carbons (Fsp3) is 0.375. The number of fused-ring (bicyclic) bond motifs is 1. The Morgan fingerprint density at radius 3 is 2.76 bits per heavy atom. The van der Waals surface area contributed by atoms with E-state index < -0.39 is 5.97 Å². The van der Waals surface area contributed by atoms with E-state index in [0.717, 1.165) is 29.3 Å². The molecular formula is C16H20N2O3. The van der Waals surface area contributed by atoms with Crippen LogP contribution in [0.5, 0.6) is 0 Å². The first kappa shape index (κ1) is 15.1. The summed E-state index contributed by atoms with van der Waals surface area (Å²) >= 11 is 0. The number of nitrogens with one attached hydrogen (secondary N) is 2. The molecule has 0 fully saturated rings. The number of carboxylic acids is 1. The SMILES string of the molecule is O=C(O)CCCCCNC(=O)Cc1c[nH]c2ccccc12. The lowest BCUT2D eigenvalue weighted by molar-refractivity contribution is -0.137. The number of rotatable bonds is 8. The summed E-state index contributed by atoms with van der Waals surface area (Å²) < 4.78 is 0. The summed E-state index contributed by atoms with van der Waals surface area (Å²) in [5.41, 5.74) is 2.03. The minimum atomic E-state index is -0.765. The minimum absolute atomic E-state index is 0.00186. The first-order chi connectivity index (χ1) is 10.2. The molecule has 1 amide bonds. The highest BCUT2D eigenvalue weighted by Crippen LogP contribution is 2.17. The summed E-state index contributed by atoms with van der Waals surface area (Å²) in [6, 6.07) is 7.90. The smallest absolute Gasteiger partial charge is 0.303 e. The second-order valence-electron chi connectivity index (χ2n) is 5.09. The van der Waals surface area contributed by atoms with Gasteiger partial charge in [-0.2, -0.15) is 0 Å². The van der Waals surface area contributed by atoms with Crippen LogP contribution in [0.3, 0.4) is 0 Å². The van der Waals surface area contributed by atoms with Crippen LogP contribution in [0.2, 0.25) is 0 Å². The van der Waals surface area contributed by atoms with Crippen molar-refractivity contribution in [2.75, 3.05) is 6.54 Å². The topological polar surface area (TPSA) is 82.2 Å². The molecule has 0 saturated heterocycles. The Balaban J connectivity index is 1.71. The van der Waals surface area contributed by atoms with Crippen LogP contribution in [0, 0.1) is 0 Å². The van der Waals surface area contributed by atoms with E-state index in [1.54, 1.807) is 0 Å². The highest BCUT2D eigenvalue weighted by Gasteiger charge is 2.07. The van der Waals surface area contributed by atoms with Crippen LogP contribution < -0.4 is 5.32 Å². The Morgan fingerprint density at radius 1 is 1.14 bits per heavy atom. The maximum Gasteiger partial charge on any atom is 0.303 e. The van der Waals surface area contributed by atoms with E-state index in [-0.39, 0.29) is 12.3 Å². The van der Waals surface area contributed by atoms with Gasteiger partial charge in [0.2, 0.25) is 5.91 Å². The molecule has 0 spiro atoms. The standard InChI is InChI=1S/C16H20N2O3/c19-15(17-9-5-1-2-8-16(20)21)10-12-11-18-14-7-4-3-6-13(12)14/h3-4,6-7,11,18H,1-2,5,8-10H2,(H,17,19)(H,20,21). The molecule has 0 atom stereocenters. The van der Waals surface area contributed by atoms with E-state index in [1.807, 2.05) is 30.5 Å². The lowest BCUT2D eigenvalue weighted by atomic mass is 10.1. The Labute approximate surface area is 123 Å². The van der Waals surface area contributed by atoms with Gasteiger partial charge in [0.15, 0.2) is 0 Å². The fourth-order valence-electron chi connectivity index (χ4n) is 2.32. The molecular weight excluding hydrogens is 268 g/mol. The number of para-hydroxylation sites is 1. The van der Waals surface area contributed by atoms with Gasteiger partial charge in [-0.25, -0.2) is 0 Å². The van der Waals surface area contributed by atoms with Crippen molar-refractivity contribution in [2.24, 2.45) is 0 Å². The van der Waals surface area contributed by atoms with Crippen LogP contribution >= 0.6 is 0 Å². The van der Waals surface area contributed by atoms with Crippen LogP contribution in [-0.2, 0) is 16.0 Å². The van der Waals surface area contributed by atoms with Crippen LogP contribution in [0.15, 0.2) is 30.5 Å². The van der Waals surface area contributed by atoms with Crippen molar-refractivity contribution in [1.29, 1.82) is 0 Å². The maximum atomic E-state index is 11.9. The summed E-state index contributed by atoms with van der Waals surface area (Å²) in [6.45, 7) is 0.598. The molecule has 5 heteroatoms. The van der Waals surface area contributed by atoms with Gasteiger partial charge in [0.25, 0.3) is 0 Å². The predicted octanol–water partition coefficient (Wildman–Crippen LogP) is 2.47. The van der Waals surface area contributed by atoms with Crippen LogP contribution in [0.1, 0.15) is 31.2 Å². The van der Waals surface area contributed by atoms with E-state index in [4.69, 9.17) is 5.11 Å². The van der Waals surface area contributed by atoms with Crippen molar-refractivity contribution >= 4 is 22.8 Å². The molecule has 0 aliphatic heterocycles. The molecule has 2 aromatic rings. The van der Waals surface area contributed by atoms with Gasteiger partial charge in [-0.15, -0.1) is 0 Å². The third-order valence-corrected chi connectivity index (χ3v) is 3.42. The number of hydrogen-bond donors (Lipinski definition) is 3. The van der Waals surface area contributed by atoms with Crippen LogP contribution in [0.4, 0.5) is 0 Å². The molecule has 1 aromatic carbocycles. The first-order valence-corrected chi connectivity index (χ1v) is 7.20. The summed E-state index contributed by atoms with van der Waals surface area (Å²) in [7, 11) is 0. The van der Waals surface area contributed by atoms with Gasteiger partial charge in [0.05, 0.1) is 6.42 Å². The second kappa shape index (κ2) is 7.47. The van der Waals surface area contributed by atoms with Gasteiger partial charge in [0.1, 0.15) is 0 Å². The first-order valence-electron chi connectivity index (χ1n) is 7.20. The zero-order valence-corrected chi connectivity index (χ0v) is 11.9. The average molecular weight is 288 g/mol. The lowest BCUT2D eigenvalue weighted by Crippen LogP contribution is -2.26. The lowest BCUT2D eigenvalue weighted by Gasteiger charge is -2.04. The van der Waals surface area contributed by atoms with Crippen molar-refractivity contribution in [2.45, 2.75) is 32.1 Å². The number of aromatic nitrogens is 1. The van der Waals surface area contributed by atoms with Gasteiger partial charge >= 0.3 is 5.97 Å². The quantitative estimate of drug-likeness (QED) is 0.653. The van der Waals surface area contributed by atoms with Crippen LogP contribution in [0.25, 0.3) is 10.9 Å². The molecule has 2 rings (SSSR count). The average Bonchev–Trinajstić information content (AvgIpc) is 2.86. The highest BCUT2D eigenvalue weighted by molar-refractivity contribution is 5.88. The second-order valence-corrected chi connectivity index (χ2v) is 5.09.